The Kier molecular flexibility index (Phi) is 4.19. The Balaban J connectivity index is 2.18. The van der Waals surface area contributed by atoms with E-state index in [-0.39, 0.29) is 18.5 Å². The summed E-state index contributed by atoms with van der Waals surface area (Å²) in [4.78, 5) is 4.43. The van der Waals surface area contributed by atoms with Crippen molar-refractivity contribution in [3.05, 3.63) is 30.1 Å². The van der Waals surface area contributed by atoms with Gasteiger partial charge in [-0.3, -0.25) is 4.90 Å². The zero-order valence-corrected chi connectivity index (χ0v) is 11.0. The van der Waals surface area contributed by atoms with Crippen LogP contribution in [0.5, 0.6) is 0 Å². The fraction of sp³-hybridized carbons (Fsp3) is 0.571. The van der Waals surface area contributed by atoms with Crippen molar-refractivity contribution in [2.24, 2.45) is 5.92 Å². The quantitative estimate of drug-likeness (QED) is 0.865. The molecule has 100 valence electrons. The molecule has 0 radical (unpaired) electrons. The van der Waals surface area contributed by atoms with E-state index >= 15 is 0 Å². The minimum Gasteiger partial charge on any atom is -0.395 e. The number of likely N-dealkylation sites (N-methyl/N-ethyl adjacent to an activating group) is 1. The second-order valence-corrected chi connectivity index (χ2v) is 5.26. The molecule has 0 amide bonds. The normalized spacial score (nSPS) is 26.1. The van der Waals surface area contributed by atoms with Crippen molar-refractivity contribution in [1.82, 2.24) is 4.90 Å². The highest BCUT2D eigenvalue weighted by Crippen LogP contribution is 2.20. The Morgan fingerprint density at radius 1 is 1.22 bits per heavy atom. The van der Waals surface area contributed by atoms with E-state index in [9.17, 15) is 9.50 Å². The van der Waals surface area contributed by atoms with Gasteiger partial charge in [-0.05, 0) is 37.2 Å². The molecule has 1 saturated heterocycles. The second kappa shape index (κ2) is 5.67. The van der Waals surface area contributed by atoms with Gasteiger partial charge in [0.25, 0.3) is 0 Å². The fourth-order valence-electron chi connectivity index (χ4n) is 2.60. The molecule has 0 bridgehead atoms. The van der Waals surface area contributed by atoms with E-state index in [0.717, 1.165) is 25.3 Å². The van der Waals surface area contributed by atoms with Crippen LogP contribution in [0.2, 0.25) is 0 Å². The molecule has 0 aromatic heterocycles. The molecular formula is C14H21FN2O. The third kappa shape index (κ3) is 3.00. The van der Waals surface area contributed by atoms with Gasteiger partial charge in [-0.15, -0.1) is 0 Å². The number of hydrogen-bond donors (Lipinski definition) is 1. The van der Waals surface area contributed by atoms with E-state index in [1.165, 1.54) is 12.1 Å². The lowest BCUT2D eigenvalue weighted by atomic mass is 10.1. The van der Waals surface area contributed by atoms with Gasteiger partial charge in [0, 0.05) is 31.4 Å². The van der Waals surface area contributed by atoms with Crippen molar-refractivity contribution in [3.63, 3.8) is 0 Å². The second-order valence-electron chi connectivity index (χ2n) is 5.26. The van der Waals surface area contributed by atoms with Gasteiger partial charge < -0.3 is 10.0 Å². The van der Waals surface area contributed by atoms with Crippen molar-refractivity contribution in [2.45, 2.75) is 13.0 Å². The third-order valence-electron chi connectivity index (χ3n) is 3.59. The van der Waals surface area contributed by atoms with E-state index in [1.807, 2.05) is 19.2 Å². The van der Waals surface area contributed by atoms with Crippen molar-refractivity contribution < 1.29 is 9.50 Å². The van der Waals surface area contributed by atoms with Gasteiger partial charge in [0.1, 0.15) is 5.82 Å². The van der Waals surface area contributed by atoms with Crippen molar-refractivity contribution >= 4 is 5.69 Å². The molecule has 3 nitrogen and oxygen atoms in total. The first-order valence-corrected chi connectivity index (χ1v) is 6.41. The Bertz CT molecular complexity index is 382. The molecule has 0 saturated carbocycles. The van der Waals surface area contributed by atoms with Crippen LogP contribution < -0.4 is 4.90 Å². The Morgan fingerprint density at radius 3 is 2.50 bits per heavy atom. The molecule has 1 aliphatic heterocycles. The van der Waals surface area contributed by atoms with Gasteiger partial charge in [-0.1, -0.05) is 6.92 Å². The third-order valence-corrected chi connectivity index (χ3v) is 3.59. The molecule has 1 heterocycles. The first-order valence-electron chi connectivity index (χ1n) is 6.41. The van der Waals surface area contributed by atoms with Crippen LogP contribution >= 0.6 is 0 Å². The maximum Gasteiger partial charge on any atom is 0.123 e. The molecule has 2 unspecified atom stereocenters. The van der Waals surface area contributed by atoms with E-state index in [1.54, 1.807) is 0 Å². The number of halogens is 1. The minimum absolute atomic E-state index is 0.139. The summed E-state index contributed by atoms with van der Waals surface area (Å²) in [5.41, 5.74) is 1.03. The summed E-state index contributed by atoms with van der Waals surface area (Å²) < 4.78 is 12.9. The van der Waals surface area contributed by atoms with Crippen LogP contribution in [-0.4, -0.2) is 49.3 Å². The minimum atomic E-state index is -0.211. The smallest absolute Gasteiger partial charge is 0.123 e. The summed E-state index contributed by atoms with van der Waals surface area (Å²) in [7, 11) is 2.05. The molecular weight excluding hydrogens is 231 g/mol. The summed E-state index contributed by atoms with van der Waals surface area (Å²) in [6.07, 6.45) is 0. The van der Waals surface area contributed by atoms with Gasteiger partial charge in [0.05, 0.1) is 6.61 Å². The summed E-state index contributed by atoms with van der Waals surface area (Å²) in [5.74, 6) is 0.314. The van der Waals surface area contributed by atoms with E-state index in [0.29, 0.717) is 5.92 Å². The van der Waals surface area contributed by atoms with Crippen molar-refractivity contribution in [1.29, 1.82) is 0 Å². The first kappa shape index (κ1) is 13.3. The van der Waals surface area contributed by atoms with E-state index in [2.05, 4.69) is 16.7 Å². The zero-order valence-electron chi connectivity index (χ0n) is 11.0. The largest absolute Gasteiger partial charge is 0.395 e. The number of rotatable bonds is 2. The van der Waals surface area contributed by atoms with Crippen LogP contribution in [0.25, 0.3) is 0 Å². The molecule has 1 aliphatic rings. The maximum absolute atomic E-state index is 12.9. The maximum atomic E-state index is 12.9. The summed E-state index contributed by atoms with van der Waals surface area (Å²) in [6.45, 7) is 5.05. The summed E-state index contributed by atoms with van der Waals surface area (Å²) in [5, 5.41) is 9.45. The highest BCUT2D eigenvalue weighted by molar-refractivity contribution is 5.46. The molecule has 0 spiro atoms. The fourth-order valence-corrected chi connectivity index (χ4v) is 2.60. The lowest BCUT2D eigenvalue weighted by Crippen LogP contribution is -2.41. The monoisotopic (exact) mass is 252 g/mol. The summed E-state index contributed by atoms with van der Waals surface area (Å²) >= 11 is 0. The van der Waals surface area contributed by atoms with Crippen LogP contribution in [-0.2, 0) is 0 Å². The number of anilines is 1. The lowest BCUT2D eigenvalue weighted by Gasteiger charge is -2.28. The van der Waals surface area contributed by atoms with Crippen molar-refractivity contribution in [2.75, 3.05) is 38.2 Å². The number of aliphatic hydroxyl groups excluding tert-OH is 1. The van der Waals surface area contributed by atoms with Gasteiger partial charge in [-0.25, -0.2) is 4.39 Å². The Hall–Kier alpha value is -1.13. The average molecular weight is 252 g/mol. The topological polar surface area (TPSA) is 26.7 Å². The van der Waals surface area contributed by atoms with Crippen molar-refractivity contribution in [3.8, 4) is 0 Å². The molecule has 4 heteroatoms. The van der Waals surface area contributed by atoms with Crippen LogP contribution in [0, 0.1) is 11.7 Å². The zero-order chi connectivity index (χ0) is 13.1. The van der Waals surface area contributed by atoms with Crippen LogP contribution in [0.15, 0.2) is 24.3 Å². The molecule has 2 atom stereocenters. The molecule has 0 aliphatic carbocycles. The number of hydrogen-bond acceptors (Lipinski definition) is 3. The molecule has 18 heavy (non-hydrogen) atoms. The van der Waals surface area contributed by atoms with Crippen LogP contribution in [0.3, 0.4) is 0 Å². The lowest BCUT2D eigenvalue weighted by molar-refractivity contribution is 0.151. The predicted molar refractivity (Wildman–Crippen MR) is 71.3 cm³/mol. The van der Waals surface area contributed by atoms with Gasteiger partial charge >= 0.3 is 0 Å². The highest BCUT2D eigenvalue weighted by Gasteiger charge is 2.25. The molecule has 1 aromatic rings. The van der Waals surface area contributed by atoms with Crippen LogP contribution in [0.1, 0.15) is 6.92 Å². The molecule has 1 N–H and O–H groups in total. The SMILES string of the molecule is CC1CN(c2ccc(F)cc2)CC(CO)N(C)C1. The van der Waals surface area contributed by atoms with Gasteiger partial charge in [-0.2, -0.15) is 0 Å². The highest BCUT2D eigenvalue weighted by atomic mass is 19.1. The summed E-state index contributed by atoms with van der Waals surface area (Å²) in [6, 6.07) is 6.73. The molecule has 1 fully saturated rings. The predicted octanol–water partition coefficient (Wildman–Crippen LogP) is 1.57. The van der Waals surface area contributed by atoms with E-state index < -0.39 is 0 Å². The van der Waals surface area contributed by atoms with Gasteiger partial charge in [0.15, 0.2) is 0 Å². The standard InChI is InChI=1S/C14H21FN2O/c1-11-7-16(2)14(10-18)9-17(8-11)13-5-3-12(15)4-6-13/h3-6,11,14,18H,7-10H2,1-2H3. The number of nitrogens with zero attached hydrogens (tertiary/aromatic N) is 2. The molecule has 1 aromatic carbocycles. The first-order chi connectivity index (χ1) is 8.60. The Labute approximate surface area is 108 Å². The number of aliphatic hydroxyl groups is 1. The van der Waals surface area contributed by atoms with E-state index in [4.69, 9.17) is 0 Å². The Morgan fingerprint density at radius 2 is 1.89 bits per heavy atom. The van der Waals surface area contributed by atoms with Gasteiger partial charge in [0.2, 0.25) is 0 Å². The van der Waals surface area contributed by atoms with Crippen LogP contribution in [0.4, 0.5) is 10.1 Å². The number of benzene rings is 1. The molecule has 2 rings (SSSR count). The average Bonchev–Trinajstić information content (AvgIpc) is 2.48.